The fraction of sp³-hybridized carbons (Fsp3) is 0.727. The highest BCUT2D eigenvalue weighted by molar-refractivity contribution is 6.07. The number of aliphatic hydroxyl groups is 1. The molecule has 6 nitrogen and oxygen atoms in total. The Balaban J connectivity index is 2.47. The van der Waals surface area contributed by atoms with Gasteiger partial charge in [0.15, 0.2) is 0 Å². The number of carbonyl (C=O) groups is 2. The number of hydrogen-bond donors (Lipinski definition) is 1. The van der Waals surface area contributed by atoms with E-state index in [0.29, 0.717) is 18.7 Å². The van der Waals surface area contributed by atoms with Crippen molar-refractivity contribution >= 4 is 17.6 Å². The highest BCUT2D eigenvalue weighted by Crippen LogP contribution is 2.20. The minimum absolute atomic E-state index is 0.118. The van der Waals surface area contributed by atoms with Crippen LogP contribution in [0.2, 0.25) is 0 Å². The second-order valence-corrected chi connectivity index (χ2v) is 3.82. The lowest BCUT2D eigenvalue weighted by molar-refractivity contribution is -0.143. The van der Waals surface area contributed by atoms with Crippen LogP contribution in [0.5, 0.6) is 0 Å². The zero-order chi connectivity index (χ0) is 12.8. The van der Waals surface area contributed by atoms with Gasteiger partial charge in [-0.25, -0.2) is 5.01 Å². The average molecular weight is 242 g/mol. The van der Waals surface area contributed by atoms with Gasteiger partial charge in [-0.2, -0.15) is 5.10 Å². The topological polar surface area (TPSA) is 79.2 Å². The molecule has 0 aromatic carbocycles. The van der Waals surface area contributed by atoms with E-state index >= 15 is 0 Å². The lowest BCUT2D eigenvalue weighted by Gasteiger charge is -2.12. The summed E-state index contributed by atoms with van der Waals surface area (Å²) in [5.74, 6) is -0.805. The van der Waals surface area contributed by atoms with E-state index in [2.05, 4.69) is 5.10 Å². The molecule has 0 aliphatic carbocycles. The Morgan fingerprint density at radius 3 is 2.88 bits per heavy atom. The van der Waals surface area contributed by atoms with E-state index in [9.17, 15) is 9.59 Å². The van der Waals surface area contributed by atoms with Crippen molar-refractivity contribution < 1.29 is 19.4 Å². The van der Waals surface area contributed by atoms with Crippen molar-refractivity contribution in [3.05, 3.63) is 0 Å². The first-order valence-electron chi connectivity index (χ1n) is 5.73. The summed E-state index contributed by atoms with van der Waals surface area (Å²) in [6, 6.07) is 0. The number of nitrogens with zero attached hydrogens (tertiary/aromatic N) is 2. The third kappa shape index (κ3) is 3.52. The number of hydrogen-bond acceptors (Lipinski definition) is 5. The smallest absolute Gasteiger partial charge is 0.305 e. The minimum atomic E-state index is -0.356. The molecule has 0 fully saturated rings. The molecule has 1 aliphatic heterocycles. The molecule has 0 radical (unpaired) electrons. The van der Waals surface area contributed by atoms with E-state index in [0.717, 1.165) is 0 Å². The number of amides is 1. The first-order chi connectivity index (χ1) is 8.10. The maximum Gasteiger partial charge on any atom is 0.305 e. The maximum atomic E-state index is 11.8. The van der Waals surface area contributed by atoms with Crippen LogP contribution in [0.25, 0.3) is 0 Å². The third-order valence-electron chi connectivity index (χ3n) is 2.59. The van der Waals surface area contributed by atoms with Crippen molar-refractivity contribution in [2.75, 3.05) is 19.8 Å². The summed E-state index contributed by atoms with van der Waals surface area (Å²) in [7, 11) is 0. The summed E-state index contributed by atoms with van der Waals surface area (Å²) < 4.78 is 4.80. The molecule has 0 saturated heterocycles. The van der Waals surface area contributed by atoms with Gasteiger partial charge in [0.25, 0.3) is 5.91 Å². The van der Waals surface area contributed by atoms with Crippen LogP contribution in [0.1, 0.15) is 26.7 Å². The molecule has 0 spiro atoms. The van der Waals surface area contributed by atoms with Gasteiger partial charge in [-0.15, -0.1) is 0 Å². The quantitative estimate of drug-likeness (QED) is 0.673. The van der Waals surface area contributed by atoms with Crippen LogP contribution in [-0.2, 0) is 14.3 Å². The first kappa shape index (κ1) is 13.6. The van der Waals surface area contributed by atoms with E-state index in [4.69, 9.17) is 9.84 Å². The van der Waals surface area contributed by atoms with Gasteiger partial charge in [-0.3, -0.25) is 9.59 Å². The number of rotatable bonds is 6. The second kappa shape index (κ2) is 6.34. The Bertz CT molecular complexity index is 327. The van der Waals surface area contributed by atoms with Crippen molar-refractivity contribution in [2.45, 2.75) is 26.7 Å². The molecule has 0 saturated carbocycles. The molecule has 0 aromatic rings. The van der Waals surface area contributed by atoms with E-state index in [1.54, 1.807) is 13.8 Å². The van der Waals surface area contributed by atoms with Gasteiger partial charge < -0.3 is 9.84 Å². The van der Waals surface area contributed by atoms with Crippen LogP contribution in [0.4, 0.5) is 0 Å². The SMILES string of the molecule is CCOC(=O)CCC1C(=O)N(CCO)N=C1C. The molecule has 1 heterocycles. The Labute approximate surface area is 100 Å². The Morgan fingerprint density at radius 2 is 2.29 bits per heavy atom. The van der Waals surface area contributed by atoms with Crippen molar-refractivity contribution in [1.29, 1.82) is 0 Å². The molecule has 6 heteroatoms. The van der Waals surface area contributed by atoms with Crippen molar-refractivity contribution in [2.24, 2.45) is 11.0 Å². The molecule has 0 aromatic heterocycles. The molecular weight excluding hydrogens is 224 g/mol. The van der Waals surface area contributed by atoms with Gasteiger partial charge >= 0.3 is 5.97 Å². The summed E-state index contributed by atoms with van der Waals surface area (Å²) in [5, 5.41) is 14.1. The number of aliphatic hydroxyl groups excluding tert-OH is 1. The van der Waals surface area contributed by atoms with Gasteiger partial charge in [0.05, 0.1) is 25.7 Å². The summed E-state index contributed by atoms with van der Waals surface area (Å²) in [5.41, 5.74) is 0.688. The Morgan fingerprint density at radius 1 is 1.59 bits per heavy atom. The van der Waals surface area contributed by atoms with Crippen molar-refractivity contribution in [3.8, 4) is 0 Å². The highest BCUT2D eigenvalue weighted by Gasteiger charge is 2.33. The number of esters is 1. The number of hydrazone groups is 1. The molecule has 1 rings (SSSR count). The molecule has 1 atom stereocenters. The van der Waals surface area contributed by atoms with Gasteiger partial charge in [-0.05, 0) is 20.3 Å². The zero-order valence-electron chi connectivity index (χ0n) is 10.2. The monoisotopic (exact) mass is 242 g/mol. The second-order valence-electron chi connectivity index (χ2n) is 3.82. The number of carbonyl (C=O) groups excluding carboxylic acids is 2. The average Bonchev–Trinajstić information content (AvgIpc) is 2.53. The molecule has 1 amide bonds. The predicted molar refractivity (Wildman–Crippen MR) is 61.3 cm³/mol. The number of ether oxygens (including phenoxy) is 1. The Hall–Kier alpha value is -1.43. The molecule has 96 valence electrons. The lowest BCUT2D eigenvalue weighted by Crippen LogP contribution is -2.29. The molecule has 1 unspecified atom stereocenters. The fourth-order valence-corrected chi connectivity index (χ4v) is 1.75. The molecule has 17 heavy (non-hydrogen) atoms. The van der Waals surface area contributed by atoms with Crippen molar-refractivity contribution in [3.63, 3.8) is 0 Å². The normalized spacial score (nSPS) is 19.5. The van der Waals surface area contributed by atoms with E-state index in [1.165, 1.54) is 5.01 Å². The summed E-state index contributed by atoms with van der Waals surface area (Å²) in [4.78, 5) is 23.0. The van der Waals surface area contributed by atoms with Crippen molar-refractivity contribution in [1.82, 2.24) is 5.01 Å². The summed E-state index contributed by atoms with van der Waals surface area (Å²) in [6.07, 6.45) is 0.624. The van der Waals surface area contributed by atoms with Crippen LogP contribution in [0.15, 0.2) is 5.10 Å². The van der Waals surface area contributed by atoms with E-state index in [-0.39, 0.29) is 37.4 Å². The highest BCUT2D eigenvalue weighted by atomic mass is 16.5. The van der Waals surface area contributed by atoms with E-state index < -0.39 is 0 Å². The van der Waals surface area contributed by atoms with Gasteiger partial charge in [0, 0.05) is 12.1 Å². The van der Waals surface area contributed by atoms with Gasteiger partial charge in [-0.1, -0.05) is 0 Å². The molecule has 0 bridgehead atoms. The maximum absolute atomic E-state index is 11.8. The lowest BCUT2D eigenvalue weighted by atomic mass is 9.98. The summed E-state index contributed by atoms with van der Waals surface area (Å²) in [6.45, 7) is 3.93. The fourth-order valence-electron chi connectivity index (χ4n) is 1.75. The largest absolute Gasteiger partial charge is 0.466 e. The predicted octanol–water partition coefficient (Wildman–Crippen LogP) is 0.156. The summed E-state index contributed by atoms with van der Waals surface area (Å²) >= 11 is 0. The Kier molecular flexibility index (Phi) is 5.09. The third-order valence-corrected chi connectivity index (χ3v) is 2.59. The van der Waals surface area contributed by atoms with Gasteiger partial charge in [0.2, 0.25) is 0 Å². The van der Waals surface area contributed by atoms with Crippen LogP contribution < -0.4 is 0 Å². The molecule has 1 aliphatic rings. The van der Waals surface area contributed by atoms with Crippen LogP contribution in [0.3, 0.4) is 0 Å². The van der Waals surface area contributed by atoms with E-state index in [1.807, 2.05) is 0 Å². The zero-order valence-corrected chi connectivity index (χ0v) is 10.2. The minimum Gasteiger partial charge on any atom is -0.466 e. The van der Waals surface area contributed by atoms with Crippen LogP contribution >= 0.6 is 0 Å². The van der Waals surface area contributed by atoms with Gasteiger partial charge in [0.1, 0.15) is 0 Å². The number of β-amino-alcohol motifs (C(OH)–C–C–N with tert-alkyl or cyclic N) is 1. The standard InChI is InChI=1S/C11H18N2O4/c1-3-17-10(15)5-4-9-8(2)12-13(6-7-14)11(9)16/h9,14H,3-7H2,1-2H3. The van der Waals surface area contributed by atoms with Crippen LogP contribution in [-0.4, -0.2) is 47.5 Å². The molecular formula is C11H18N2O4. The van der Waals surface area contributed by atoms with Crippen LogP contribution in [0, 0.1) is 5.92 Å². The molecule has 1 N–H and O–H groups in total. The first-order valence-corrected chi connectivity index (χ1v) is 5.73.